The molecule has 0 bridgehead atoms. The van der Waals surface area contributed by atoms with Crippen LogP contribution in [0.3, 0.4) is 0 Å². The molecule has 222 valence electrons. The van der Waals surface area contributed by atoms with Crippen molar-refractivity contribution in [3.05, 3.63) is 48.0 Å². The molecule has 12 nitrogen and oxygen atoms in total. The summed E-state index contributed by atoms with van der Waals surface area (Å²) in [5.41, 5.74) is -1.07. The summed E-state index contributed by atoms with van der Waals surface area (Å²) in [5.74, 6) is -0.840. The van der Waals surface area contributed by atoms with Gasteiger partial charge in [-0.15, -0.1) is 0 Å². The molecule has 0 spiro atoms. The highest BCUT2D eigenvalue weighted by atomic mass is 32.1. The van der Waals surface area contributed by atoms with E-state index in [0.29, 0.717) is 52.9 Å². The van der Waals surface area contributed by atoms with Gasteiger partial charge in [0.1, 0.15) is 11.6 Å². The molecular formula is C25H25F4N9O3S. The molecular weight excluding hydrogens is 582 g/mol. The highest BCUT2D eigenvalue weighted by molar-refractivity contribution is 7.19. The molecule has 3 amide bonds. The van der Waals surface area contributed by atoms with Crippen LogP contribution in [0.4, 0.5) is 38.0 Å². The Morgan fingerprint density at radius 2 is 1.90 bits per heavy atom. The lowest BCUT2D eigenvalue weighted by Crippen LogP contribution is -2.47. The summed E-state index contributed by atoms with van der Waals surface area (Å²) >= 11 is 0.986. The Balaban J connectivity index is 1.23. The molecule has 17 heteroatoms. The van der Waals surface area contributed by atoms with E-state index in [1.165, 1.54) is 18.5 Å². The third kappa shape index (κ3) is 7.10. The van der Waals surface area contributed by atoms with Gasteiger partial charge in [-0.05, 0) is 25.2 Å². The van der Waals surface area contributed by atoms with Crippen molar-refractivity contribution in [2.75, 3.05) is 56.9 Å². The second kappa shape index (κ2) is 12.3. The summed E-state index contributed by atoms with van der Waals surface area (Å²) in [6.07, 6.45) is -2.48. The number of aromatic amines is 1. The first-order valence-electron chi connectivity index (χ1n) is 12.7. The van der Waals surface area contributed by atoms with Crippen molar-refractivity contribution in [3.63, 3.8) is 0 Å². The Labute approximate surface area is 240 Å². The molecule has 0 radical (unpaired) electrons. The number of fused-ring (bicyclic) bond motifs is 1. The van der Waals surface area contributed by atoms with Crippen LogP contribution in [0.15, 0.2) is 36.7 Å². The average Bonchev–Trinajstić information content (AvgIpc) is 3.60. The lowest BCUT2D eigenvalue weighted by Gasteiger charge is -2.32. The van der Waals surface area contributed by atoms with Gasteiger partial charge in [0.2, 0.25) is 0 Å². The third-order valence-electron chi connectivity index (χ3n) is 6.40. The number of carbonyl (C=O) groups excluding carboxylic acids is 2. The van der Waals surface area contributed by atoms with Gasteiger partial charge in [-0.1, -0.05) is 11.3 Å². The van der Waals surface area contributed by atoms with Gasteiger partial charge < -0.3 is 20.3 Å². The monoisotopic (exact) mass is 607 g/mol. The summed E-state index contributed by atoms with van der Waals surface area (Å²) in [7, 11) is 2.07. The number of pyridine rings is 1. The Bertz CT molecular complexity index is 1580. The van der Waals surface area contributed by atoms with Gasteiger partial charge in [-0.3, -0.25) is 15.3 Å². The number of nitrogens with one attached hydrogen (secondary N) is 4. The van der Waals surface area contributed by atoms with Crippen molar-refractivity contribution in [1.82, 2.24) is 35.3 Å². The Morgan fingerprint density at radius 3 is 2.67 bits per heavy atom. The van der Waals surface area contributed by atoms with Crippen molar-refractivity contribution in [1.29, 1.82) is 0 Å². The number of alkyl halides is 3. The number of urea groups is 1. The molecule has 0 saturated carbocycles. The number of likely N-dealkylation sites (N-methyl/N-ethyl adjacent to an activating group) is 1. The number of ether oxygens (including phenoxy) is 1. The first kappa shape index (κ1) is 29.2. The summed E-state index contributed by atoms with van der Waals surface area (Å²) in [4.78, 5) is 38.4. The van der Waals surface area contributed by atoms with Crippen molar-refractivity contribution >= 4 is 45.3 Å². The number of thiazole rings is 1. The van der Waals surface area contributed by atoms with Crippen LogP contribution in [0.5, 0.6) is 5.75 Å². The molecule has 42 heavy (non-hydrogen) atoms. The smallest absolute Gasteiger partial charge is 0.409 e. The zero-order valence-electron chi connectivity index (χ0n) is 22.1. The molecule has 1 saturated heterocycles. The average molecular weight is 608 g/mol. The second-order valence-electron chi connectivity index (χ2n) is 9.40. The largest absolute Gasteiger partial charge is 0.416 e. The maximum atomic E-state index is 14.0. The topological polar surface area (TPSA) is 140 Å². The number of hydrogen-bond acceptors (Lipinski definition) is 9. The fraction of sp³-hybridized carbons (Fsp3) is 0.320. The number of hydrogen-bond donors (Lipinski definition) is 4. The summed E-state index contributed by atoms with van der Waals surface area (Å²) in [6, 6.07) is 2.21. The van der Waals surface area contributed by atoms with E-state index in [2.05, 4.69) is 53.0 Å². The highest BCUT2D eigenvalue weighted by Gasteiger charge is 2.31. The van der Waals surface area contributed by atoms with Gasteiger partial charge in [0, 0.05) is 51.5 Å². The maximum absolute atomic E-state index is 14.0. The normalized spacial score (nSPS) is 14.6. The summed E-state index contributed by atoms with van der Waals surface area (Å²) in [6.45, 7) is 4.88. The molecule has 4 heterocycles. The predicted octanol–water partition coefficient (Wildman–Crippen LogP) is 4.22. The molecule has 3 aromatic heterocycles. The fourth-order valence-corrected chi connectivity index (χ4v) is 4.90. The van der Waals surface area contributed by atoms with Crippen LogP contribution in [0.25, 0.3) is 21.6 Å². The van der Waals surface area contributed by atoms with Crippen molar-refractivity contribution in [2.45, 2.75) is 6.18 Å². The van der Waals surface area contributed by atoms with Crippen molar-refractivity contribution in [3.8, 4) is 16.3 Å². The maximum Gasteiger partial charge on any atom is 0.416 e. The van der Waals surface area contributed by atoms with Gasteiger partial charge in [-0.2, -0.15) is 18.3 Å². The molecule has 0 unspecified atom stereocenters. The number of nitrogens with zero attached hydrogens (tertiary/aromatic N) is 5. The SMILES string of the molecule is CN1CCN(CCNC(=O)Oc2cc(-c3cnc(NC(=O)Nc4cc(C(F)(F)F)ccc4F)s3)nc3[nH]ncc23)CC1. The molecule has 1 aliphatic rings. The van der Waals surface area contributed by atoms with E-state index in [4.69, 9.17) is 4.74 Å². The molecule has 4 aromatic rings. The first-order valence-corrected chi connectivity index (χ1v) is 13.5. The Kier molecular flexibility index (Phi) is 8.51. The number of anilines is 2. The van der Waals surface area contributed by atoms with Crippen LogP contribution in [-0.2, 0) is 6.18 Å². The highest BCUT2D eigenvalue weighted by Crippen LogP contribution is 2.34. The van der Waals surface area contributed by atoms with Gasteiger partial charge in [0.05, 0.1) is 33.4 Å². The van der Waals surface area contributed by atoms with Crippen LogP contribution in [0.1, 0.15) is 5.56 Å². The second-order valence-corrected chi connectivity index (χ2v) is 10.4. The van der Waals surface area contributed by atoms with Gasteiger partial charge >= 0.3 is 18.3 Å². The minimum atomic E-state index is -4.71. The number of amides is 3. The first-order chi connectivity index (χ1) is 20.0. The van der Waals surface area contributed by atoms with E-state index in [1.807, 2.05) is 0 Å². The molecule has 0 aliphatic carbocycles. The Hall–Kier alpha value is -4.35. The van der Waals surface area contributed by atoms with Crippen LogP contribution in [0, 0.1) is 5.82 Å². The fourth-order valence-electron chi connectivity index (χ4n) is 4.13. The van der Waals surface area contributed by atoms with E-state index < -0.39 is 35.4 Å². The van der Waals surface area contributed by atoms with E-state index in [9.17, 15) is 27.2 Å². The lowest BCUT2D eigenvalue weighted by molar-refractivity contribution is -0.137. The number of piperazine rings is 1. The standard InChI is InChI=1S/C25H25F4N9O3S/c1-37-6-8-38(9-7-37)5-4-30-24(40)41-19-11-18(33-21-15(19)12-32-36-21)20-13-31-23(42-20)35-22(39)34-17-10-14(25(27,28)29)2-3-16(17)26/h2-3,10-13H,4-9H2,1H3,(H,30,40)(H,32,33,36)(H2,31,34,35,39). The van der Waals surface area contributed by atoms with Crippen LogP contribution < -0.4 is 20.7 Å². The van der Waals surface area contributed by atoms with Crippen molar-refractivity contribution in [2.24, 2.45) is 0 Å². The van der Waals surface area contributed by atoms with Gasteiger partial charge in [0.25, 0.3) is 0 Å². The molecule has 1 fully saturated rings. The lowest BCUT2D eigenvalue weighted by atomic mass is 10.2. The third-order valence-corrected chi connectivity index (χ3v) is 7.34. The number of carbonyl (C=O) groups is 2. The minimum Gasteiger partial charge on any atom is -0.409 e. The predicted molar refractivity (Wildman–Crippen MR) is 147 cm³/mol. The van der Waals surface area contributed by atoms with E-state index >= 15 is 0 Å². The van der Waals surface area contributed by atoms with Crippen LogP contribution in [-0.4, -0.2) is 88.4 Å². The summed E-state index contributed by atoms with van der Waals surface area (Å²) in [5, 5.41) is 14.4. The number of halogens is 4. The van der Waals surface area contributed by atoms with E-state index in [1.54, 1.807) is 0 Å². The molecule has 4 N–H and O–H groups in total. The summed E-state index contributed by atoms with van der Waals surface area (Å²) < 4.78 is 58.4. The number of rotatable bonds is 7. The van der Waals surface area contributed by atoms with Gasteiger partial charge in [0.15, 0.2) is 10.8 Å². The molecule has 1 aromatic carbocycles. The molecule has 1 aliphatic heterocycles. The molecule has 0 atom stereocenters. The zero-order chi connectivity index (χ0) is 29.9. The minimum absolute atomic E-state index is 0.0607. The Morgan fingerprint density at radius 1 is 1.12 bits per heavy atom. The number of aromatic nitrogens is 4. The van der Waals surface area contributed by atoms with Gasteiger partial charge in [-0.25, -0.2) is 23.9 Å². The molecule has 5 rings (SSSR count). The van der Waals surface area contributed by atoms with Crippen LogP contribution >= 0.6 is 11.3 Å². The van der Waals surface area contributed by atoms with E-state index in [-0.39, 0.29) is 10.9 Å². The zero-order valence-corrected chi connectivity index (χ0v) is 22.9. The quantitative estimate of drug-likeness (QED) is 0.229. The number of H-pyrrole nitrogens is 1. The number of benzene rings is 1. The van der Waals surface area contributed by atoms with Crippen LogP contribution in [0.2, 0.25) is 0 Å². The van der Waals surface area contributed by atoms with E-state index in [0.717, 1.165) is 37.5 Å². The van der Waals surface area contributed by atoms with Crippen molar-refractivity contribution < 1.29 is 31.9 Å².